The number of anilines is 1. The molecule has 2 aromatic rings. The standard InChI is InChI=1S/C15H14F3NOS/c1-21-14-8-4-12(5-9-14)19-10-11-2-6-13(7-3-11)20-15(16,17)18/h2-9,19H,10H2,1H3. The molecule has 0 spiro atoms. The van der Waals surface area contributed by atoms with Gasteiger partial charge in [-0.2, -0.15) is 0 Å². The summed E-state index contributed by atoms with van der Waals surface area (Å²) in [6.07, 6.45) is -2.65. The normalized spacial score (nSPS) is 11.2. The van der Waals surface area contributed by atoms with Crippen LogP contribution in [0.15, 0.2) is 53.4 Å². The van der Waals surface area contributed by atoms with Crippen LogP contribution in [-0.2, 0) is 6.54 Å². The highest BCUT2D eigenvalue weighted by Gasteiger charge is 2.30. The van der Waals surface area contributed by atoms with Gasteiger partial charge in [0.25, 0.3) is 0 Å². The van der Waals surface area contributed by atoms with Gasteiger partial charge in [0.1, 0.15) is 5.75 Å². The Morgan fingerprint density at radius 3 is 2.14 bits per heavy atom. The lowest BCUT2D eigenvalue weighted by Crippen LogP contribution is -2.17. The fourth-order valence-electron chi connectivity index (χ4n) is 1.72. The molecule has 21 heavy (non-hydrogen) atoms. The summed E-state index contributed by atoms with van der Waals surface area (Å²) in [7, 11) is 0. The summed E-state index contributed by atoms with van der Waals surface area (Å²) in [6.45, 7) is 0.533. The zero-order valence-corrected chi connectivity index (χ0v) is 12.1. The van der Waals surface area contributed by atoms with Gasteiger partial charge in [0.15, 0.2) is 0 Å². The van der Waals surface area contributed by atoms with Gasteiger partial charge in [-0.25, -0.2) is 0 Å². The van der Waals surface area contributed by atoms with Crippen molar-refractivity contribution in [3.05, 3.63) is 54.1 Å². The molecule has 0 aromatic heterocycles. The summed E-state index contributed by atoms with van der Waals surface area (Å²) in [5.74, 6) is -0.212. The van der Waals surface area contributed by atoms with Crippen LogP contribution in [0.3, 0.4) is 0 Å². The first kappa shape index (κ1) is 15.6. The van der Waals surface area contributed by atoms with Gasteiger partial charge in [-0.15, -0.1) is 24.9 Å². The molecule has 0 saturated carbocycles. The van der Waals surface area contributed by atoms with E-state index in [2.05, 4.69) is 10.1 Å². The Balaban J connectivity index is 1.91. The maximum absolute atomic E-state index is 12.0. The molecule has 0 fully saturated rings. The molecular weight excluding hydrogens is 299 g/mol. The Hall–Kier alpha value is -1.82. The van der Waals surface area contributed by atoms with E-state index in [1.54, 1.807) is 23.9 Å². The average Bonchev–Trinajstić information content (AvgIpc) is 2.45. The van der Waals surface area contributed by atoms with Crippen LogP contribution in [-0.4, -0.2) is 12.6 Å². The van der Waals surface area contributed by atoms with Crippen molar-refractivity contribution < 1.29 is 17.9 Å². The second-order valence-electron chi connectivity index (χ2n) is 4.27. The lowest BCUT2D eigenvalue weighted by molar-refractivity contribution is -0.274. The fraction of sp³-hybridized carbons (Fsp3) is 0.200. The predicted octanol–water partition coefficient (Wildman–Crippen LogP) is 4.92. The number of halogens is 3. The van der Waals surface area contributed by atoms with Crippen molar-refractivity contribution in [2.24, 2.45) is 0 Å². The van der Waals surface area contributed by atoms with E-state index in [0.717, 1.165) is 11.3 Å². The molecule has 2 rings (SSSR count). The summed E-state index contributed by atoms with van der Waals surface area (Å²) < 4.78 is 39.9. The van der Waals surface area contributed by atoms with Crippen molar-refractivity contribution in [1.82, 2.24) is 0 Å². The van der Waals surface area contributed by atoms with Crippen molar-refractivity contribution >= 4 is 17.4 Å². The van der Waals surface area contributed by atoms with Crippen LogP contribution in [0.4, 0.5) is 18.9 Å². The van der Waals surface area contributed by atoms with Gasteiger partial charge in [0.05, 0.1) is 0 Å². The van der Waals surface area contributed by atoms with Crippen molar-refractivity contribution in [2.45, 2.75) is 17.8 Å². The van der Waals surface area contributed by atoms with E-state index in [1.165, 1.54) is 17.0 Å². The Morgan fingerprint density at radius 1 is 1.00 bits per heavy atom. The lowest BCUT2D eigenvalue weighted by atomic mass is 10.2. The minimum atomic E-state index is -4.65. The van der Waals surface area contributed by atoms with E-state index >= 15 is 0 Å². The van der Waals surface area contributed by atoms with Gasteiger partial charge >= 0.3 is 6.36 Å². The summed E-state index contributed by atoms with van der Waals surface area (Å²) in [6, 6.07) is 13.8. The van der Waals surface area contributed by atoms with Crippen molar-refractivity contribution in [3.63, 3.8) is 0 Å². The third-order valence-electron chi connectivity index (χ3n) is 2.74. The highest BCUT2D eigenvalue weighted by Crippen LogP contribution is 2.23. The van der Waals surface area contributed by atoms with Crippen LogP contribution in [0.1, 0.15) is 5.56 Å². The third-order valence-corrected chi connectivity index (χ3v) is 3.49. The molecule has 0 aliphatic carbocycles. The minimum Gasteiger partial charge on any atom is -0.406 e. The molecule has 0 unspecified atom stereocenters. The highest BCUT2D eigenvalue weighted by molar-refractivity contribution is 7.98. The summed E-state index contributed by atoms with van der Waals surface area (Å²) in [4.78, 5) is 1.18. The highest BCUT2D eigenvalue weighted by atomic mass is 32.2. The summed E-state index contributed by atoms with van der Waals surface area (Å²) in [5.41, 5.74) is 1.84. The van der Waals surface area contributed by atoms with E-state index < -0.39 is 6.36 Å². The van der Waals surface area contributed by atoms with Gasteiger partial charge in [-0.1, -0.05) is 12.1 Å². The van der Waals surface area contributed by atoms with Crippen molar-refractivity contribution in [3.8, 4) is 5.75 Å². The number of rotatable bonds is 5. The Morgan fingerprint density at radius 2 is 1.62 bits per heavy atom. The summed E-state index contributed by atoms with van der Waals surface area (Å²) in [5, 5.41) is 3.21. The molecule has 0 radical (unpaired) electrons. The van der Waals surface area contributed by atoms with E-state index in [0.29, 0.717) is 6.54 Å². The van der Waals surface area contributed by atoms with Gasteiger partial charge in [-0.3, -0.25) is 0 Å². The first-order chi connectivity index (χ1) is 9.96. The molecule has 0 amide bonds. The molecule has 0 bridgehead atoms. The zero-order valence-electron chi connectivity index (χ0n) is 11.3. The van der Waals surface area contributed by atoms with Crippen LogP contribution in [0, 0.1) is 0 Å². The minimum absolute atomic E-state index is 0.212. The smallest absolute Gasteiger partial charge is 0.406 e. The lowest BCUT2D eigenvalue weighted by Gasteiger charge is -2.10. The molecule has 112 valence electrons. The third kappa shape index (κ3) is 5.23. The first-order valence-electron chi connectivity index (χ1n) is 6.19. The molecule has 1 N–H and O–H groups in total. The Kier molecular flexibility index (Phi) is 5.01. The number of benzene rings is 2. The Labute approximate surface area is 125 Å². The van der Waals surface area contributed by atoms with Gasteiger partial charge in [0.2, 0.25) is 0 Å². The molecule has 0 atom stereocenters. The van der Waals surface area contributed by atoms with Crippen molar-refractivity contribution in [1.29, 1.82) is 0 Å². The van der Waals surface area contributed by atoms with E-state index in [1.807, 2.05) is 30.5 Å². The van der Waals surface area contributed by atoms with Gasteiger partial charge in [-0.05, 0) is 48.2 Å². The summed E-state index contributed by atoms with van der Waals surface area (Å²) >= 11 is 1.66. The van der Waals surface area contributed by atoms with Crippen LogP contribution < -0.4 is 10.1 Å². The Bertz CT molecular complexity index is 567. The zero-order chi connectivity index (χ0) is 15.3. The quantitative estimate of drug-likeness (QED) is 0.792. The van der Waals surface area contributed by atoms with Crippen molar-refractivity contribution in [2.75, 3.05) is 11.6 Å². The molecule has 0 aliphatic heterocycles. The average molecular weight is 313 g/mol. The molecular formula is C15H14F3NOS. The number of alkyl halides is 3. The number of hydrogen-bond donors (Lipinski definition) is 1. The maximum Gasteiger partial charge on any atom is 0.573 e. The van der Waals surface area contributed by atoms with Crippen LogP contribution in [0.2, 0.25) is 0 Å². The van der Waals surface area contributed by atoms with Gasteiger partial charge in [0, 0.05) is 17.1 Å². The molecule has 2 nitrogen and oxygen atoms in total. The molecule has 6 heteroatoms. The van der Waals surface area contributed by atoms with Crippen LogP contribution >= 0.6 is 11.8 Å². The number of nitrogens with one attached hydrogen (secondary N) is 1. The predicted molar refractivity (Wildman–Crippen MR) is 78.7 cm³/mol. The second kappa shape index (κ2) is 6.76. The molecule has 0 aliphatic rings. The largest absolute Gasteiger partial charge is 0.573 e. The second-order valence-corrected chi connectivity index (χ2v) is 5.15. The van der Waals surface area contributed by atoms with Crippen LogP contribution in [0.5, 0.6) is 5.75 Å². The van der Waals surface area contributed by atoms with Gasteiger partial charge < -0.3 is 10.1 Å². The topological polar surface area (TPSA) is 21.3 Å². The maximum atomic E-state index is 12.0. The van der Waals surface area contributed by atoms with E-state index in [4.69, 9.17) is 0 Å². The number of hydrogen-bond acceptors (Lipinski definition) is 3. The number of thioether (sulfide) groups is 1. The number of ether oxygens (including phenoxy) is 1. The fourth-order valence-corrected chi connectivity index (χ4v) is 2.13. The monoisotopic (exact) mass is 313 g/mol. The SMILES string of the molecule is CSc1ccc(NCc2ccc(OC(F)(F)F)cc2)cc1. The van der Waals surface area contributed by atoms with Crippen LogP contribution in [0.25, 0.3) is 0 Å². The molecule has 2 aromatic carbocycles. The van der Waals surface area contributed by atoms with E-state index in [9.17, 15) is 13.2 Å². The van der Waals surface area contributed by atoms with E-state index in [-0.39, 0.29) is 5.75 Å². The molecule has 0 heterocycles. The molecule has 0 saturated heterocycles. The first-order valence-corrected chi connectivity index (χ1v) is 7.41.